The quantitative estimate of drug-likeness (QED) is 0.510. The smallest absolute Gasteiger partial charge is 0.303 e. The zero-order valence-electron chi connectivity index (χ0n) is 16.7. The molecule has 9 heteroatoms. The Morgan fingerprint density at radius 2 is 1.28 bits per heavy atom. The first kappa shape index (κ1) is 22.4. The van der Waals surface area contributed by atoms with Crippen LogP contribution in [0.5, 0.6) is 0 Å². The monoisotopic (exact) mass is 408 g/mol. The van der Waals surface area contributed by atoms with Crippen LogP contribution in [-0.4, -0.2) is 54.9 Å². The van der Waals surface area contributed by atoms with Crippen molar-refractivity contribution in [3.8, 4) is 0 Å². The topological polar surface area (TPSA) is 114 Å². The molecule has 0 unspecified atom stereocenters. The molecule has 158 valence electrons. The highest BCUT2D eigenvalue weighted by atomic mass is 16.7. The highest BCUT2D eigenvalue weighted by Gasteiger charge is 2.52. The van der Waals surface area contributed by atoms with Crippen molar-refractivity contribution in [1.82, 2.24) is 0 Å². The second kappa shape index (κ2) is 10.0. The van der Waals surface area contributed by atoms with Crippen LogP contribution < -0.4 is 0 Å². The van der Waals surface area contributed by atoms with Crippen molar-refractivity contribution in [3.05, 3.63) is 35.9 Å². The molecule has 1 aliphatic rings. The Bertz CT molecular complexity index is 746. The van der Waals surface area contributed by atoms with Crippen LogP contribution in [0.15, 0.2) is 30.3 Å². The van der Waals surface area contributed by atoms with Gasteiger partial charge in [-0.2, -0.15) is 0 Å². The van der Waals surface area contributed by atoms with Gasteiger partial charge in [0.2, 0.25) is 0 Å². The van der Waals surface area contributed by atoms with E-state index in [1.165, 1.54) is 27.7 Å². The van der Waals surface area contributed by atoms with Crippen molar-refractivity contribution in [3.63, 3.8) is 0 Å². The average molecular weight is 408 g/mol. The maximum absolute atomic E-state index is 11.8. The fourth-order valence-corrected chi connectivity index (χ4v) is 3.14. The van der Waals surface area contributed by atoms with Gasteiger partial charge in [-0.1, -0.05) is 30.3 Å². The van der Waals surface area contributed by atoms with Crippen LogP contribution in [0, 0.1) is 0 Å². The van der Waals surface area contributed by atoms with Crippen LogP contribution in [0.25, 0.3) is 0 Å². The summed E-state index contributed by atoms with van der Waals surface area (Å²) in [6, 6.07) is 8.84. The van der Waals surface area contributed by atoms with Gasteiger partial charge in [0.1, 0.15) is 18.8 Å². The van der Waals surface area contributed by atoms with E-state index in [4.69, 9.17) is 23.7 Å². The minimum atomic E-state index is -1.17. The molecule has 1 aliphatic heterocycles. The molecule has 29 heavy (non-hydrogen) atoms. The molecular weight excluding hydrogens is 384 g/mol. The third-order valence-corrected chi connectivity index (χ3v) is 4.12. The van der Waals surface area contributed by atoms with Crippen LogP contribution in [0.2, 0.25) is 0 Å². The van der Waals surface area contributed by atoms with Crippen LogP contribution >= 0.6 is 0 Å². The number of benzene rings is 1. The molecule has 1 aromatic carbocycles. The molecule has 0 amide bonds. The number of ether oxygens (including phenoxy) is 5. The molecule has 1 heterocycles. The van der Waals surface area contributed by atoms with E-state index in [0.29, 0.717) is 5.56 Å². The van der Waals surface area contributed by atoms with E-state index < -0.39 is 54.4 Å². The number of esters is 4. The van der Waals surface area contributed by atoms with Crippen molar-refractivity contribution in [2.45, 2.75) is 58.2 Å². The number of carbonyl (C=O) groups excluding carboxylic acids is 4. The van der Waals surface area contributed by atoms with Crippen molar-refractivity contribution < 1.29 is 42.9 Å². The molecule has 1 aromatic rings. The predicted molar refractivity (Wildman–Crippen MR) is 97.4 cm³/mol. The summed E-state index contributed by atoms with van der Waals surface area (Å²) >= 11 is 0. The normalized spacial score (nSPS) is 26.1. The maximum atomic E-state index is 11.8. The summed E-state index contributed by atoms with van der Waals surface area (Å²) in [6.45, 7) is 4.55. The van der Waals surface area contributed by atoms with Crippen molar-refractivity contribution >= 4 is 23.9 Å². The minimum Gasteiger partial charge on any atom is -0.463 e. The van der Waals surface area contributed by atoms with E-state index in [1.54, 1.807) is 30.3 Å². The SMILES string of the molecule is CC(=O)OC[C@H]1O[C@@H](c2ccccc2)[C@@H](OC(C)=O)[C@@H](OC(C)=O)[C@H]1OC(C)=O. The van der Waals surface area contributed by atoms with Gasteiger partial charge in [-0.05, 0) is 5.56 Å². The molecule has 2 rings (SSSR count). The van der Waals surface area contributed by atoms with Crippen LogP contribution in [-0.2, 0) is 42.9 Å². The second-order valence-electron chi connectivity index (χ2n) is 6.53. The highest BCUT2D eigenvalue weighted by molar-refractivity contribution is 5.68. The number of hydrogen-bond donors (Lipinski definition) is 0. The molecule has 0 saturated carbocycles. The van der Waals surface area contributed by atoms with Gasteiger partial charge in [0.25, 0.3) is 0 Å². The van der Waals surface area contributed by atoms with Crippen molar-refractivity contribution in [2.24, 2.45) is 0 Å². The molecule has 0 radical (unpaired) electrons. The van der Waals surface area contributed by atoms with Crippen LogP contribution in [0.3, 0.4) is 0 Å². The van der Waals surface area contributed by atoms with Crippen molar-refractivity contribution in [2.75, 3.05) is 6.61 Å². The van der Waals surface area contributed by atoms with Crippen LogP contribution in [0.4, 0.5) is 0 Å². The second-order valence-corrected chi connectivity index (χ2v) is 6.53. The van der Waals surface area contributed by atoms with Gasteiger partial charge in [-0.3, -0.25) is 19.2 Å². The van der Waals surface area contributed by atoms with Gasteiger partial charge in [-0.25, -0.2) is 0 Å². The third kappa shape index (κ3) is 6.28. The molecule has 0 bridgehead atoms. The van der Waals surface area contributed by atoms with E-state index in [0.717, 1.165) is 0 Å². The first-order chi connectivity index (χ1) is 13.7. The Morgan fingerprint density at radius 3 is 1.79 bits per heavy atom. The van der Waals surface area contributed by atoms with E-state index in [1.807, 2.05) is 0 Å². The van der Waals surface area contributed by atoms with E-state index in [2.05, 4.69) is 0 Å². The lowest BCUT2D eigenvalue weighted by Crippen LogP contribution is -2.59. The summed E-state index contributed by atoms with van der Waals surface area (Å²) in [6.07, 6.45) is -5.21. The largest absolute Gasteiger partial charge is 0.463 e. The van der Waals surface area contributed by atoms with Gasteiger partial charge < -0.3 is 23.7 Å². The minimum absolute atomic E-state index is 0.249. The molecule has 0 aromatic heterocycles. The Hall–Kier alpha value is -2.94. The Labute approximate surface area is 168 Å². The highest BCUT2D eigenvalue weighted by Crippen LogP contribution is 2.37. The molecule has 1 fully saturated rings. The van der Waals surface area contributed by atoms with Gasteiger partial charge in [0.15, 0.2) is 18.3 Å². The predicted octanol–water partition coefficient (Wildman–Crippen LogP) is 1.48. The summed E-state index contributed by atoms with van der Waals surface area (Å²) in [5, 5.41) is 0. The lowest BCUT2D eigenvalue weighted by atomic mass is 9.90. The first-order valence-electron chi connectivity index (χ1n) is 9.04. The molecule has 0 aliphatic carbocycles. The summed E-state index contributed by atoms with van der Waals surface area (Å²) in [4.78, 5) is 46.5. The molecular formula is C20H24O9. The number of hydrogen-bond acceptors (Lipinski definition) is 9. The maximum Gasteiger partial charge on any atom is 0.303 e. The average Bonchev–Trinajstić information content (AvgIpc) is 2.63. The fourth-order valence-electron chi connectivity index (χ4n) is 3.14. The van der Waals surface area contributed by atoms with Gasteiger partial charge in [0, 0.05) is 27.7 Å². The summed E-state index contributed by atoms with van der Waals surface area (Å²) in [5.41, 5.74) is 0.644. The number of rotatable bonds is 6. The summed E-state index contributed by atoms with van der Waals surface area (Å²) in [7, 11) is 0. The van der Waals surface area contributed by atoms with E-state index in [9.17, 15) is 19.2 Å². The zero-order valence-corrected chi connectivity index (χ0v) is 16.7. The first-order valence-corrected chi connectivity index (χ1v) is 9.04. The Morgan fingerprint density at radius 1 is 0.759 bits per heavy atom. The van der Waals surface area contributed by atoms with E-state index >= 15 is 0 Å². The van der Waals surface area contributed by atoms with E-state index in [-0.39, 0.29) is 6.61 Å². The molecule has 9 nitrogen and oxygen atoms in total. The molecule has 0 N–H and O–H groups in total. The lowest BCUT2D eigenvalue weighted by molar-refractivity contribution is -0.254. The Balaban J connectivity index is 2.49. The van der Waals surface area contributed by atoms with Crippen molar-refractivity contribution in [1.29, 1.82) is 0 Å². The standard InChI is InChI=1S/C20H24O9/c1-11(21)25-10-16-18(26-12(2)22)20(28-14(4)24)19(27-13(3)23)17(29-16)15-8-6-5-7-9-15/h5-9,16-20H,10H2,1-4H3/t16-,17+,18+,19-,20+/m1/s1. The lowest BCUT2D eigenvalue weighted by Gasteiger charge is -2.44. The van der Waals surface area contributed by atoms with Gasteiger partial charge >= 0.3 is 23.9 Å². The fraction of sp³-hybridized carbons (Fsp3) is 0.500. The van der Waals surface area contributed by atoms with Gasteiger partial charge in [-0.15, -0.1) is 0 Å². The van der Waals surface area contributed by atoms with Crippen LogP contribution in [0.1, 0.15) is 39.4 Å². The molecule has 1 saturated heterocycles. The van der Waals surface area contributed by atoms with Gasteiger partial charge in [0.05, 0.1) is 0 Å². The molecule has 0 spiro atoms. The summed E-state index contributed by atoms with van der Waals surface area (Å²) in [5.74, 6) is -2.51. The zero-order chi connectivity index (χ0) is 21.6. The Kier molecular flexibility index (Phi) is 7.72. The molecule has 5 atom stereocenters. The number of carbonyl (C=O) groups is 4. The summed E-state index contributed by atoms with van der Waals surface area (Å²) < 4.78 is 27.2. The third-order valence-electron chi connectivity index (χ3n) is 4.12.